The molecule has 2 N–H and O–H groups in total. The van der Waals surface area contributed by atoms with Gasteiger partial charge in [0, 0.05) is 6.20 Å². The Labute approximate surface area is 125 Å². The number of rotatable bonds is 3. The SMILES string of the molecule is Cc1cccc(Cn2cc(N)c(-c3ccc(Br)o3)n2)c1. The van der Waals surface area contributed by atoms with Gasteiger partial charge in [-0.25, -0.2) is 0 Å². The maximum Gasteiger partial charge on any atom is 0.169 e. The van der Waals surface area contributed by atoms with Crippen molar-refractivity contribution in [3.05, 3.63) is 58.4 Å². The fourth-order valence-corrected chi connectivity index (χ4v) is 2.45. The van der Waals surface area contributed by atoms with Gasteiger partial charge in [-0.1, -0.05) is 29.8 Å². The molecule has 0 amide bonds. The van der Waals surface area contributed by atoms with Crippen molar-refractivity contribution in [1.82, 2.24) is 9.78 Å². The highest BCUT2D eigenvalue weighted by atomic mass is 79.9. The summed E-state index contributed by atoms with van der Waals surface area (Å²) in [5.41, 5.74) is 9.72. The van der Waals surface area contributed by atoms with Crippen molar-refractivity contribution in [2.45, 2.75) is 13.5 Å². The molecule has 3 rings (SSSR count). The van der Waals surface area contributed by atoms with Gasteiger partial charge in [0.05, 0.1) is 12.2 Å². The van der Waals surface area contributed by atoms with E-state index in [0.717, 1.165) is 0 Å². The van der Waals surface area contributed by atoms with E-state index in [2.05, 4.69) is 46.2 Å². The van der Waals surface area contributed by atoms with E-state index >= 15 is 0 Å². The van der Waals surface area contributed by atoms with Crippen LogP contribution in [0.25, 0.3) is 11.5 Å². The van der Waals surface area contributed by atoms with Crippen molar-refractivity contribution in [1.29, 1.82) is 0 Å². The highest BCUT2D eigenvalue weighted by Crippen LogP contribution is 2.28. The zero-order valence-electron chi connectivity index (χ0n) is 11.0. The third-order valence-electron chi connectivity index (χ3n) is 3.02. The van der Waals surface area contributed by atoms with Gasteiger partial charge in [-0.15, -0.1) is 0 Å². The van der Waals surface area contributed by atoms with Crippen LogP contribution in [0, 0.1) is 6.92 Å². The number of nitrogen functional groups attached to an aromatic ring is 1. The Hall–Kier alpha value is -2.01. The van der Waals surface area contributed by atoms with Gasteiger partial charge in [-0.3, -0.25) is 4.68 Å². The molecular weight excluding hydrogens is 318 g/mol. The summed E-state index contributed by atoms with van der Waals surface area (Å²) < 4.78 is 7.99. The molecule has 0 atom stereocenters. The monoisotopic (exact) mass is 331 g/mol. The summed E-state index contributed by atoms with van der Waals surface area (Å²) in [5, 5.41) is 4.50. The highest BCUT2D eigenvalue weighted by Gasteiger charge is 2.12. The van der Waals surface area contributed by atoms with Crippen LogP contribution in [0.3, 0.4) is 0 Å². The fraction of sp³-hybridized carbons (Fsp3) is 0.133. The van der Waals surface area contributed by atoms with Crippen LogP contribution in [0.2, 0.25) is 0 Å². The second-order valence-electron chi connectivity index (χ2n) is 4.72. The normalized spacial score (nSPS) is 10.9. The predicted molar refractivity (Wildman–Crippen MR) is 82.3 cm³/mol. The van der Waals surface area contributed by atoms with Gasteiger partial charge in [-0.05, 0) is 40.5 Å². The lowest BCUT2D eigenvalue weighted by molar-refractivity contribution is 0.551. The van der Waals surface area contributed by atoms with Crippen molar-refractivity contribution < 1.29 is 4.42 Å². The average molecular weight is 332 g/mol. The summed E-state index contributed by atoms with van der Waals surface area (Å²) in [6.07, 6.45) is 1.83. The molecule has 5 heteroatoms. The number of anilines is 1. The number of halogens is 1. The molecule has 1 aromatic carbocycles. The Morgan fingerprint density at radius 1 is 1.30 bits per heavy atom. The highest BCUT2D eigenvalue weighted by molar-refractivity contribution is 9.10. The van der Waals surface area contributed by atoms with Crippen molar-refractivity contribution in [2.75, 3.05) is 5.73 Å². The van der Waals surface area contributed by atoms with Crippen LogP contribution in [0.15, 0.2) is 51.7 Å². The lowest BCUT2D eigenvalue weighted by Gasteiger charge is -2.02. The Balaban J connectivity index is 1.89. The molecule has 102 valence electrons. The second kappa shape index (κ2) is 5.17. The van der Waals surface area contributed by atoms with Gasteiger partial charge in [0.25, 0.3) is 0 Å². The first kappa shape index (κ1) is 13.0. The van der Waals surface area contributed by atoms with Crippen molar-refractivity contribution in [2.24, 2.45) is 0 Å². The van der Waals surface area contributed by atoms with Crippen molar-refractivity contribution in [3.63, 3.8) is 0 Å². The molecular formula is C15H14BrN3O. The maximum absolute atomic E-state index is 6.01. The molecule has 20 heavy (non-hydrogen) atoms. The Morgan fingerprint density at radius 2 is 2.15 bits per heavy atom. The molecule has 0 saturated heterocycles. The van der Waals surface area contributed by atoms with Crippen LogP contribution in [-0.4, -0.2) is 9.78 Å². The average Bonchev–Trinajstić information content (AvgIpc) is 2.96. The maximum atomic E-state index is 6.01. The second-order valence-corrected chi connectivity index (χ2v) is 5.51. The molecule has 0 radical (unpaired) electrons. The number of aryl methyl sites for hydroxylation is 1. The first-order valence-electron chi connectivity index (χ1n) is 6.26. The van der Waals surface area contributed by atoms with E-state index in [9.17, 15) is 0 Å². The summed E-state index contributed by atoms with van der Waals surface area (Å²) in [6, 6.07) is 12.0. The minimum absolute atomic E-state index is 0.611. The van der Waals surface area contributed by atoms with Gasteiger partial charge in [0.1, 0.15) is 0 Å². The molecule has 0 aliphatic heterocycles. The smallest absolute Gasteiger partial charge is 0.169 e. The van der Waals surface area contributed by atoms with Gasteiger partial charge in [0.15, 0.2) is 16.1 Å². The molecule has 0 unspecified atom stereocenters. The minimum Gasteiger partial charge on any atom is -0.448 e. The molecule has 0 aliphatic carbocycles. The molecule has 2 aromatic heterocycles. The van der Waals surface area contributed by atoms with Crippen LogP contribution in [0.5, 0.6) is 0 Å². The number of furan rings is 1. The fourth-order valence-electron chi connectivity index (χ4n) is 2.15. The van der Waals surface area contributed by atoms with E-state index < -0.39 is 0 Å². The van der Waals surface area contributed by atoms with Gasteiger partial charge in [-0.2, -0.15) is 5.10 Å². The lowest BCUT2D eigenvalue weighted by atomic mass is 10.1. The summed E-state index contributed by atoms with van der Waals surface area (Å²) in [7, 11) is 0. The quantitative estimate of drug-likeness (QED) is 0.793. The van der Waals surface area contributed by atoms with Crippen LogP contribution >= 0.6 is 15.9 Å². The Morgan fingerprint density at radius 3 is 2.85 bits per heavy atom. The summed E-state index contributed by atoms with van der Waals surface area (Å²) >= 11 is 3.28. The molecule has 0 aliphatic rings. The molecule has 4 nitrogen and oxygen atoms in total. The van der Waals surface area contributed by atoms with E-state index in [-0.39, 0.29) is 0 Å². The molecule has 0 spiro atoms. The van der Waals surface area contributed by atoms with Gasteiger partial charge in [0.2, 0.25) is 0 Å². The number of hydrogen-bond acceptors (Lipinski definition) is 3. The van der Waals surface area contributed by atoms with Crippen molar-refractivity contribution in [3.8, 4) is 11.5 Å². The number of aromatic nitrogens is 2. The lowest BCUT2D eigenvalue weighted by Crippen LogP contribution is -2.00. The third-order valence-corrected chi connectivity index (χ3v) is 3.45. The summed E-state index contributed by atoms with van der Waals surface area (Å²) in [6.45, 7) is 2.76. The Kier molecular flexibility index (Phi) is 3.36. The molecule has 0 fully saturated rings. The number of nitrogens with two attached hydrogens (primary N) is 1. The van der Waals surface area contributed by atoms with E-state index in [1.54, 1.807) is 0 Å². The summed E-state index contributed by atoms with van der Waals surface area (Å²) in [5.74, 6) is 0.664. The molecule has 2 heterocycles. The Bertz CT molecular complexity index is 745. The van der Waals surface area contributed by atoms with Gasteiger partial charge >= 0.3 is 0 Å². The number of nitrogens with zero attached hydrogens (tertiary/aromatic N) is 2. The third kappa shape index (κ3) is 2.63. The zero-order valence-corrected chi connectivity index (χ0v) is 12.6. The van der Waals surface area contributed by atoms with Crippen LogP contribution < -0.4 is 5.73 Å². The van der Waals surface area contributed by atoms with E-state index in [4.69, 9.17) is 10.2 Å². The topological polar surface area (TPSA) is 57.0 Å². The molecule has 0 bridgehead atoms. The van der Waals surface area contributed by atoms with E-state index in [0.29, 0.717) is 28.4 Å². The van der Waals surface area contributed by atoms with E-state index in [1.807, 2.05) is 29.1 Å². The van der Waals surface area contributed by atoms with E-state index in [1.165, 1.54) is 11.1 Å². The number of hydrogen-bond donors (Lipinski definition) is 1. The zero-order chi connectivity index (χ0) is 14.1. The van der Waals surface area contributed by atoms with Crippen molar-refractivity contribution >= 4 is 21.6 Å². The first-order chi connectivity index (χ1) is 9.61. The minimum atomic E-state index is 0.611. The van der Waals surface area contributed by atoms with Crippen LogP contribution in [0.4, 0.5) is 5.69 Å². The van der Waals surface area contributed by atoms with Crippen LogP contribution in [-0.2, 0) is 6.54 Å². The predicted octanol–water partition coefficient (Wildman–Crippen LogP) is 3.84. The largest absolute Gasteiger partial charge is 0.448 e. The van der Waals surface area contributed by atoms with Gasteiger partial charge < -0.3 is 10.2 Å². The first-order valence-corrected chi connectivity index (χ1v) is 7.05. The number of benzene rings is 1. The molecule has 3 aromatic rings. The van der Waals surface area contributed by atoms with Crippen LogP contribution in [0.1, 0.15) is 11.1 Å². The molecule has 0 saturated carbocycles. The standard InChI is InChI=1S/C15H14BrN3O/c1-10-3-2-4-11(7-10)8-19-9-12(17)15(18-19)13-5-6-14(16)20-13/h2-7,9H,8,17H2,1H3. The summed E-state index contributed by atoms with van der Waals surface area (Å²) in [4.78, 5) is 0.